The number of nitro groups is 1. The molecule has 1 fully saturated rings. The minimum Gasteiger partial charge on any atom is -0.483 e. The third-order valence-corrected chi connectivity index (χ3v) is 4.68. The quantitative estimate of drug-likeness (QED) is 0.668. The van der Waals surface area contributed by atoms with Crippen LogP contribution in [0.4, 0.5) is 5.69 Å². The minimum absolute atomic E-state index is 0.00314. The van der Waals surface area contributed by atoms with E-state index in [-0.39, 0.29) is 22.8 Å². The topological polar surface area (TPSA) is 113 Å². The summed E-state index contributed by atoms with van der Waals surface area (Å²) < 4.78 is 29.0. The number of rotatable bonds is 4. The van der Waals surface area contributed by atoms with Gasteiger partial charge in [-0.25, -0.2) is 8.42 Å². The van der Waals surface area contributed by atoms with Crippen molar-refractivity contribution in [1.82, 2.24) is 0 Å². The first kappa shape index (κ1) is 15.7. The number of hydrogen-bond acceptors (Lipinski definition) is 6. The molecule has 2 N–H and O–H groups in total. The van der Waals surface area contributed by atoms with Crippen LogP contribution in [0.5, 0.6) is 5.75 Å². The highest BCUT2D eigenvalue weighted by atomic mass is 32.2. The van der Waals surface area contributed by atoms with E-state index in [9.17, 15) is 18.5 Å². The molecule has 1 aliphatic carbocycles. The summed E-state index contributed by atoms with van der Waals surface area (Å²) in [4.78, 5) is 10.2. The molecule has 0 saturated heterocycles. The molecule has 116 valence electrons. The molecule has 0 radical (unpaired) electrons. The zero-order valence-corrected chi connectivity index (χ0v) is 12.5. The Morgan fingerprint density at radius 2 is 1.90 bits per heavy atom. The maximum atomic E-state index is 11.7. The first-order valence-corrected chi connectivity index (χ1v) is 8.58. The number of nitrogens with two attached hydrogens (primary N) is 1. The Morgan fingerprint density at radius 1 is 1.29 bits per heavy atom. The molecule has 21 heavy (non-hydrogen) atoms. The number of para-hydroxylation sites is 1. The fourth-order valence-corrected chi connectivity index (χ4v) is 3.31. The van der Waals surface area contributed by atoms with Gasteiger partial charge in [0.2, 0.25) is 0 Å². The Hall–Kier alpha value is -1.67. The number of nitrogens with zero attached hydrogens (tertiary/aromatic N) is 1. The highest BCUT2D eigenvalue weighted by Crippen LogP contribution is 2.35. The van der Waals surface area contributed by atoms with Gasteiger partial charge in [0.1, 0.15) is 4.90 Å². The number of sulfone groups is 1. The molecule has 0 aliphatic heterocycles. The number of nitro benzene ring substituents is 1. The van der Waals surface area contributed by atoms with Crippen LogP contribution in [-0.4, -0.2) is 31.7 Å². The summed E-state index contributed by atoms with van der Waals surface area (Å²) in [5.41, 5.74) is 5.32. The summed E-state index contributed by atoms with van der Waals surface area (Å²) in [5, 5.41) is 11.2. The predicted octanol–water partition coefficient (Wildman–Crippen LogP) is 1.65. The normalized spacial score (nSPS) is 22.8. The molecule has 1 saturated carbocycles. The maximum Gasteiger partial charge on any atom is 0.329 e. The number of ether oxygens (including phenoxy) is 1. The summed E-state index contributed by atoms with van der Waals surface area (Å²) in [5.74, 6) is 0.00314. The lowest BCUT2D eigenvalue weighted by molar-refractivity contribution is -0.389. The molecule has 0 aromatic heterocycles. The van der Waals surface area contributed by atoms with E-state index in [1.54, 1.807) is 0 Å². The molecule has 0 heterocycles. The van der Waals surface area contributed by atoms with Gasteiger partial charge in [0.15, 0.2) is 15.6 Å². The molecule has 0 spiro atoms. The second-order valence-electron chi connectivity index (χ2n) is 5.29. The lowest BCUT2D eigenvalue weighted by Gasteiger charge is -2.26. The molecular formula is C13H18N2O5S. The summed E-state index contributed by atoms with van der Waals surface area (Å²) in [6.07, 6.45) is 3.79. The van der Waals surface area contributed by atoms with Crippen molar-refractivity contribution in [2.24, 2.45) is 5.73 Å². The Morgan fingerprint density at radius 3 is 2.43 bits per heavy atom. The van der Waals surface area contributed by atoms with Gasteiger partial charge >= 0.3 is 5.69 Å². The van der Waals surface area contributed by atoms with Gasteiger partial charge in [-0.05, 0) is 37.8 Å². The van der Waals surface area contributed by atoms with Gasteiger partial charge in [0.05, 0.1) is 11.0 Å². The van der Waals surface area contributed by atoms with Crippen molar-refractivity contribution >= 4 is 15.5 Å². The average Bonchev–Trinajstić information content (AvgIpc) is 2.40. The molecule has 0 bridgehead atoms. The van der Waals surface area contributed by atoms with Crippen LogP contribution in [0.3, 0.4) is 0 Å². The van der Waals surface area contributed by atoms with E-state index in [0.717, 1.165) is 19.1 Å². The van der Waals surface area contributed by atoms with Gasteiger partial charge in [0.25, 0.3) is 0 Å². The molecule has 1 aromatic carbocycles. The van der Waals surface area contributed by atoms with Crippen LogP contribution in [0.2, 0.25) is 0 Å². The van der Waals surface area contributed by atoms with Crippen molar-refractivity contribution in [3.8, 4) is 5.75 Å². The van der Waals surface area contributed by atoms with E-state index in [1.165, 1.54) is 18.2 Å². The first-order chi connectivity index (χ1) is 9.79. The van der Waals surface area contributed by atoms with Crippen LogP contribution in [0.15, 0.2) is 23.1 Å². The standard InChI is InChI=1S/C13H18N2O5S/c1-21(18,19)12-4-2-3-11(13(12)15(16)17)20-10-7-5-9(14)6-8-10/h2-4,9-10H,5-8,14H2,1H3. The van der Waals surface area contributed by atoms with Crippen molar-refractivity contribution in [3.05, 3.63) is 28.3 Å². The van der Waals surface area contributed by atoms with E-state index in [1.807, 2.05) is 0 Å². The van der Waals surface area contributed by atoms with E-state index in [0.29, 0.717) is 12.8 Å². The van der Waals surface area contributed by atoms with Crippen LogP contribution in [0, 0.1) is 10.1 Å². The smallest absolute Gasteiger partial charge is 0.329 e. The number of hydrogen-bond donors (Lipinski definition) is 1. The fraction of sp³-hybridized carbons (Fsp3) is 0.538. The lowest BCUT2D eigenvalue weighted by Crippen LogP contribution is -2.31. The molecule has 0 unspecified atom stereocenters. The Bertz CT molecular complexity index is 636. The van der Waals surface area contributed by atoms with Crippen LogP contribution < -0.4 is 10.5 Å². The van der Waals surface area contributed by atoms with Gasteiger partial charge in [-0.2, -0.15) is 0 Å². The van der Waals surface area contributed by atoms with Crippen molar-refractivity contribution in [2.75, 3.05) is 6.26 Å². The van der Waals surface area contributed by atoms with Crippen molar-refractivity contribution < 1.29 is 18.1 Å². The zero-order chi connectivity index (χ0) is 15.6. The largest absolute Gasteiger partial charge is 0.483 e. The monoisotopic (exact) mass is 314 g/mol. The third kappa shape index (κ3) is 3.70. The van der Waals surface area contributed by atoms with Gasteiger partial charge in [-0.1, -0.05) is 6.07 Å². The van der Waals surface area contributed by atoms with Gasteiger partial charge < -0.3 is 10.5 Å². The molecule has 1 aliphatic rings. The third-order valence-electron chi connectivity index (χ3n) is 3.56. The molecule has 7 nitrogen and oxygen atoms in total. The second kappa shape index (κ2) is 5.98. The van der Waals surface area contributed by atoms with Crippen LogP contribution >= 0.6 is 0 Å². The molecule has 1 aromatic rings. The van der Waals surface area contributed by atoms with E-state index >= 15 is 0 Å². The summed E-state index contributed by atoms with van der Waals surface area (Å²) in [6, 6.07) is 4.24. The summed E-state index contributed by atoms with van der Waals surface area (Å²) in [6.45, 7) is 0. The predicted molar refractivity (Wildman–Crippen MR) is 77.1 cm³/mol. The summed E-state index contributed by atoms with van der Waals surface area (Å²) in [7, 11) is -3.69. The molecular weight excluding hydrogens is 296 g/mol. The minimum atomic E-state index is -3.69. The van der Waals surface area contributed by atoms with Crippen LogP contribution in [0.1, 0.15) is 25.7 Å². The van der Waals surface area contributed by atoms with Gasteiger partial charge in [-0.15, -0.1) is 0 Å². The highest BCUT2D eigenvalue weighted by molar-refractivity contribution is 7.90. The van der Waals surface area contributed by atoms with Crippen molar-refractivity contribution in [1.29, 1.82) is 0 Å². The Balaban J connectivity index is 2.33. The second-order valence-corrected chi connectivity index (χ2v) is 7.27. The Kier molecular flexibility index (Phi) is 4.48. The highest BCUT2D eigenvalue weighted by Gasteiger charge is 2.29. The van der Waals surface area contributed by atoms with E-state index < -0.39 is 20.4 Å². The molecule has 0 amide bonds. The average molecular weight is 314 g/mol. The number of benzene rings is 1. The van der Waals surface area contributed by atoms with Crippen molar-refractivity contribution in [3.63, 3.8) is 0 Å². The molecule has 0 atom stereocenters. The van der Waals surface area contributed by atoms with Crippen LogP contribution in [0.25, 0.3) is 0 Å². The lowest BCUT2D eigenvalue weighted by atomic mass is 9.94. The SMILES string of the molecule is CS(=O)(=O)c1cccc(OC2CCC(N)CC2)c1[N+](=O)[O-]. The first-order valence-electron chi connectivity index (χ1n) is 6.68. The Labute approximate surface area is 123 Å². The van der Waals surface area contributed by atoms with E-state index in [2.05, 4.69) is 0 Å². The van der Waals surface area contributed by atoms with E-state index in [4.69, 9.17) is 10.5 Å². The van der Waals surface area contributed by atoms with Gasteiger partial charge in [-0.3, -0.25) is 10.1 Å². The molecule has 8 heteroatoms. The van der Waals surface area contributed by atoms with Crippen LogP contribution in [-0.2, 0) is 9.84 Å². The maximum absolute atomic E-state index is 11.7. The molecule has 2 rings (SSSR count). The fourth-order valence-electron chi connectivity index (χ4n) is 2.46. The summed E-state index contributed by atoms with van der Waals surface area (Å²) >= 11 is 0. The van der Waals surface area contributed by atoms with Crippen molar-refractivity contribution in [2.45, 2.75) is 42.7 Å². The van der Waals surface area contributed by atoms with Gasteiger partial charge in [0, 0.05) is 12.3 Å². The zero-order valence-electron chi connectivity index (χ0n) is 11.7.